The maximum Gasteiger partial charge on any atom is 0.152 e. The Morgan fingerprint density at radius 3 is 3.00 bits per heavy atom. The molecule has 0 unspecified atom stereocenters. The van der Waals surface area contributed by atoms with Crippen molar-refractivity contribution in [3.8, 4) is 0 Å². The summed E-state index contributed by atoms with van der Waals surface area (Å²) in [5, 5.41) is 13.6. The average Bonchev–Trinajstić information content (AvgIpc) is 2.90. The highest BCUT2D eigenvalue weighted by Gasteiger charge is 2.44. The van der Waals surface area contributed by atoms with Crippen molar-refractivity contribution in [3.63, 3.8) is 0 Å². The lowest BCUT2D eigenvalue weighted by atomic mass is 9.99. The van der Waals surface area contributed by atoms with Crippen LogP contribution in [0.3, 0.4) is 0 Å². The van der Waals surface area contributed by atoms with E-state index < -0.39 is 24.3 Å². The van der Waals surface area contributed by atoms with Gasteiger partial charge in [-0.3, -0.25) is 0 Å². The van der Waals surface area contributed by atoms with Gasteiger partial charge in [0.05, 0.1) is 23.4 Å². The van der Waals surface area contributed by atoms with Crippen LogP contribution in [0.4, 0.5) is 10.2 Å². The summed E-state index contributed by atoms with van der Waals surface area (Å²) < 4.78 is 21.4. The van der Waals surface area contributed by atoms with E-state index in [4.69, 9.17) is 22.1 Å². The van der Waals surface area contributed by atoms with Crippen molar-refractivity contribution in [1.82, 2.24) is 14.6 Å². The number of aliphatic hydroxyl groups is 1. The van der Waals surface area contributed by atoms with Crippen LogP contribution in [0, 0.1) is 5.92 Å². The third-order valence-corrected chi connectivity index (χ3v) is 4.02. The third-order valence-electron chi connectivity index (χ3n) is 3.73. The Kier molecular flexibility index (Phi) is 3.27. The summed E-state index contributed by atoms with van der Waals surface area (Å²) in [4.78, 5) is 3.86. The lowest BCUT2D eigenvalue weighted by Crippen LogP contribution is -2.21. The SMILES string of the molecule is C[C@H]1[C@H](F)[C@H](c2cc(Cl)c3c(N)ncnn23)O[C@@H]1CO. The number of hydrogen-bond donors (Lipinski definition) is 2. The van der Waals surface area contributed by atoms with Crippen molar-refractivity contribution < 1.29 is 14.2 Å². The second-order valence-electron chi connectivity index (χ2n) is 4.90. The van der Waals surface area contributed by atoms with Gasteiger partial charge in [0.2, 0.25) is 0 Å². The summed E-state index contributed by atoms with van der Waals surface area (Å²) >= 11 is 6.11. The fourth-order valence-electron chi connectivity index (χ4n) is 2.56. The van der Waals surface area contributed by atoms with Gasteiger partial charge in [0, 0.05) is 5.92 Å². The Hall–Kier alpha value is -1.44. The number of rotatable bonds is 2. The number of ether oxygens (including phenoxy) is 1. The number of hydrogen-bond acceptors (Lipinski definition) is 5. The minimum Gasteiger partial charge on any atom is -0.394 e. The molecule has 2 aromatic rings. The number of aromatic nitrogens is 3. The van der Waals surface area contributed by atoms with E-state index in [2.05, 4.69) is 10.1 Å². The molecule has 2 aromatic heterocycles. The van der Waals surface area contributed by atoms with E-state index in [-0.39, 0.29) is 12.4 Å². The molecule has 3 heterocycles. The van der Waals surface area contributed by atoms with Crippen molar-refractivity contribution in [2.75, 3.05) is 12.3 Å². The molecule has 0 aromatic carbocycles. The average molecular weight is 301 g/mol. The molecule has 1 aliphatic heterocycles. The van der Waals surface area contributed by atoms with Crippen LogP contribution in [0.15, 0.2) is 12.4 Å². The van der Waals surface area contributed by atoms with Crippen LogP contribution in [0.5, 0.6) is 0 Å². The zero-order valence-corrected chi connectivity index (χ0v) is 11.5. The van der Waals surface area contributed by atoms with E-state index in [1.165, 1.54) is 10.8 Å². The van der Waals surface area contributed by atoms with Crippen LogP contribution < -0.4 is 5.73 Å². The van der Waals surface area contributed by atoms with Gasteiger partial charge in [-0.25, -0.2) is 13.9 Å². The van der Waals surface area contributed by atoms with Crippen LogP contribution in [-0.2, 0) is 4.74 Å². The lowest BCUT2D eigenvalue weighted by Gasteiger charge is -2.13. The molecule has 1 aliphatic rings. The molecule has 0 radical (unpaired) electrons. The second kappa shape index (κ2) is 4.83. The number of nitrogens with two attached hydrogens (primary N) is 1. The molecule has 4 atom stereocenters. The molecule has 0 bridgehead atoms. The molecule has 20 heavy (non-hydrogen) atoms. The van der Waals surface area contributed by atoms with Gasteiger partial charge in [0.25, 0.3) is 0 Å². The number of aliphatic hydroxyl groups excluding tert-OH is 1. The number of nitrogen functional groups attached to an aromatic ring is 1. The molecule has 108 valence electrons. The zero-order chi connectivity index (χ0) is 14.4. The summed E-state index contributed by atoms with van der Waals surface area (Å²) in [5.41, 5.74) is 6.65. The normalized spacial score (nSPS) is 30.2. The highest BCUT2D eigenvalue weighted by Crippen LogP contribution is 2.41. The lowest BCUT2D eigenvalue weighted by molar-refractivity contribution is -0.00712. The van der Waals surface area contributed by atoms with E-state index in [9.17, 15) is 9.50 Å². The Bertz CT molecular complexity index is 650. The summed E-state index contributed by atoms with van der Waals surface area (Å²) in [5.74, 6) is -0.190. The molecular formula is C12H14ClFN4O2. The summed E-state index contributed by atoms with van der Waals surface area (Å²) in [6.07, 6.45) is -1.36. The fraction of sp³-hybridized carbons (Fsp3) is 0.500. The molecule has 3 N–H and O–H groups in total. The molecule has 3 rings (SSSR count). The fourth-order valence-corrected chi connectivity index (χ4v) is 2.85. The first-order chi connectivity index (χ1) is 9.54. The number of halogens is 2. The van der Waals surface area contributed by atoms with Crippen molar-refractivity contribution in [1.29, 1.82) is 0 Å². The number of anilines is 1. The van der Waals surface area contributed by atoms with Gasteiger partial charge >= 0.3 is 0 Å². The van der Waals surface area contributed by atoms with Gasteiger partial charge in [-0.15, -0.1) is 0 Å². The molecular weight excluding hydrogens is 287 g/mol. The van der Waals surface area contributed by atoms with Crippen LogP contribution in [0.25, 0.3) is 5.52 Å². The summed E-state index contributed by atoms with van der Waals surface area (Å²) in [6, 6.07) is 1.58. The Morgan fingerprint density at radius 1 is 1.60 bits per heavy atom. The van der Waals surface area contributed by atoms with Gasteiger partial charge in [0.15, 0.2) is 5.82 Å². The monoisotopic (exact) mass is 300 g/mol. The van der Waals surface area contributed by atoms with Gasteiger partial charge in [0.1, 0.15) is 24.1 Å². The van der Waals surface area contributed by atoms with Crippen LogP contribution in [0.1, 0.15) is 18.7 Å². The molecule has 0 amide bonds. The topological polar surface area (TPSA) is 85.7 Å². The first-order valence-corrected chi connectivity index (χ1v) is 6.60. The highest BCUT2D eigenvalue weighted by atomic mass is 35.5. The Morgan fingerprint density at radius 2 is 2.35 bits per heavy atom. The maximum atomic E-state index is 14.4. The predicted molar refractivity (Wildman–Crippen MR) is 71.2 cm³/mol. The first-order valence-electron chi connectivity index (χ1n) is 6.22. The van der Waals surface area contributed by atoms with E-state index in [0.717, 1.165) is 0 Å². The molecule has 0 aliphatic carbocycles. The highest BCUT2D eigenvalue weighted by molar-refractivity contribution is 6.34. The van der Waals surface area contributed by atoms with E-state index in [1.54, 1.807) is 13.0 Å². The molecule has 6 nitrogen and oxygen atoms in total. The molecule has 0 spiro atoms. The van der Waals surface area contributed by atoms with Crippen molar-refractivity contribution >= 4 is 22.9 Å². The summed E-state index contributed by atoms with van der Waals surface area (Å²) in [6.45, 7) is 1.47. The zero-order valence-electron chi connectivity index (χ0n) is 10.7. The standard InChI is InChI=1S/C12H14ClFN4O2/c1-5-8(3-19)20-11(9(5)14)7-2-6(13)10-12(15)16-4-17-18(7)10/h2,4-5,8-9,11,19H,3H2,1H3,(H2,15,16,17)/t5-,8-,9+,11+/m1/s1. The maximum absolute atomic E-state index is 14.4. The largest absolute Gasteiger partial charge is 0.394 e. The van der Waals surface area contributed by atoms with E-state index in [0.29, 0.717) is 16.2 Å². The number of nitrogens with zero attached hydrogens (tertiary/aromatic N) is 3. The molecule has 0 saturated carbocycles. The van der Waals surface area contributed by atoms with E-state index >= 15 is 0 Å². The Balaban J connectivity index is 2.10. The van der Waals surface area contributed by atoms with Gasteiger partial charge in [-0.2, -0.15) is 5.10 Å². The van der Waals surface area contributed by atoms with Crippen molar-refractivity contribution in [3.05, 3.63) is 23.1 Å². The van der Waals surface area contributed by atoms with Crippen molar-refractivity contribution in [2.24, 2.45) is 5.92 Å². The number of alkyl halides is 1. The van der Waals surface area contributed by atoms with Crippen LogP contribution in [-0.4, -0.2) is 38.6 Å². The first kappa shape index (κ1) is 13.5. The smallest absolute Gasteiger partial charge is 0.152 e. The minimum absolute atomic E-state index is 0.219. The van der Waals surface area contributed by atoms with Crippen molar-refractivity contribution in [2.45, 2.75) is 25.3 Å². The molecule has 8 heteroatoms. The third kappa shape index (κ3) is 1.85. The second-order valence-corrected chi connectivity index (χ2v) is 5.31. The predicted octanol–water partition coefficient (Wildman–Crippen LogP) is 1.37. The Labute approximate surface area is 119 Å². The van der Waals surface area contributed by atoms with Crippen LogP contribution in [0.2, 0.25) is 5.02 Å². The van der Waals surface area contributed by atoms with Gasteiger partial charge in [-0.05, 0) is 6.07 Å². The summed E-state index contributed by atoms with van der Waals surface area (Å²) in [7, 11) is 0. The molecule has 1 saturated heterocycles. The van der Waals surface area contributed by atoms with Gasteiger partial charge < -0.3 is 15.6 Å². The minimum atomic E-state index is -1.25. The quantitative estimate of drug-likeness (QED) is 0.875. The van der Waals surface area contributed by atoms with Crippen LogP contribution >= 0.6 is 11.6 Å². The van der Waals surface area contributed by atoms with Gasteiger partial charge in [-0.1, -0.05) is 18.5 Å². The van der Waals surface area contributed by atoms with E-state index in [1.807, 2.05) is 0 Å². The molecule has 1 fully saturated rings. The number of fused-ring (bicyclic) bond motifs is 1.